The minimum absolute atomic E-state index is 0.0864. The molecule has 1 aromatic carbocycles. The first-order valence-electron chi connectivity index (χ1n) is 7.48. The Hall–Kier alpha value is -2.84. The van der Waals surface area contributed by atoms with Crippen LogP contribution < -0.4 is 10.0 Å². The van der Waals surface area contributed by atoms with E-state index in [4.69, 9.17) is 10.5 Å². The molecular formula is C16H17N5O2S. The highest BCUT2D eigenvalue weighted by Crippen LogP contribution is 2.16. The summed E-state index contributed by atoms with van der Waals surface area (Å²) in [4.78, 5) is 4.35. The van der Waals surface area contributed by atoms with Crippen LogP contribution in [0.3, 0.4) is 0 Å². The van der Waals surface area contributed by atoms with E-state index in [2.05, 4.69) is 15.0 Å². The summed E-state index contributed by atoms with van der Waals surface area (Å²) in [7, 11) is -3.72. The van der Waals surface area contributed by atoms with Gasteiger partial charge in [0, 0.05) is 24.9 Å². The van der Waals surface area contributed by atoms with Gasteiger partial charge in [0.05, 0.1) is 4.90 Å². The fourth-order valence-corrected chi connectivity index (χ4v) is 3.30. The molecule has 0 atom stereocenters. The highest BCUT2D eigenvalue weighted by Gasteiger charge is 2.17. The smallest absolute Gasteiger partial charge is 0.262 e. The molecule has 0 amide bonds. The van der Waals surface area contributed by atoms with Gasteiger partial charge in [-0.15, -0.1) is 0 Å². The molecule has 1 aliphatic heterocycles. The van der Waals surface area contributed by atoms with E-state index in [0.717, 1.165) is 19.3 Å². The topological polar surface area (TPSA) is 118 Å². The zero-order valence-electron chi connectivity index (χ0n) is 13.0. The monoisotopic (exact) mass is 343 g/mol. The summed E-state index contributed by atoms with van der Waals surface area (Å²) in [5.74, 6) is 0.488. The fraction of sp³-hybridized carbons (Fsp3) is 0.312. The van der Waals surface area contributed by atoms with Crippen molar-refractivity contribution < 1.29 is 8.42 Å². The highest BCUT2D eigenvalue weighted by molar-refractivity contribution is 7.90. The standard InChI is InChI=1S/C16H17N5O2S/c17-10-13(11-18)12-20-14-5-4-6-15(9-14)24(22,23)21-16-7-2-1-3-8-19-16/h4-6,9,12,20H,1-3,7-8H2,(H,19,21). The molecule has 0 saturated carbocycles. The van der Waals surface area contributed by atoms with Gasteiger partial charge in [0.25, 0.3) is 10.0 Å². The summed E-state index contributed by atoms with van der Waals surface area (Å²) in [5, 5.41) is 20.1. The van der Waals surface area contributed by atoms with E-state index in [9.17, 15) is 8.42 Å². The van der Waals surface area contributed by atoms with E-state index in [1.54, 1.807) is 24.3 Å². The molecule has 7 nitrogen and oxygen atoms in total. The number of rotatable bonds is 4. The van der Waals surface area contributed by atoms with Crippen LogP contribution in [0.1, 0.15) is 25.7 Å². The summed E-state index contributed by atoms with van der Waals surface area (Å²) < 4.78 is 27.5. The minimum Gasteiger partial charge on any atom is -0.360 e. The van der Waals surface area contributed by atoms with Crippen molar-refractivity contribution in [2.75, 3.05) is 11.9 Å². The zero-order chi connectivity index (χ0) is 17.4. The molecular weight excluding hydrogens is 326 g/mol. The molecule has 0 unspecified atom stereocenters. The summed E-state index contributed by atoms with van der Waals surface area (Å²) in [6.45, 7) is 0.634. The molecule has 24 heavy (non-hydrogen) atoms. The molecule has 0 aliphatic carbocycles. The number of amidine groups is 1. The fourth-order valence-electron chi connectivity index (χ4n) is 2.17. The predicted octanol–water partition coefficient (Wildman–Crippen LogP) is 2.28. The van der Waals surface area contributed by atoms with Crippen molar-refractivity contribution in [3.63, 3.8) is 0 Å². The van der Waals surface area contributed by atoms with Gasteiger partial charge in [-0.05, 0) is 31.0 Å². The van der Waals surface area contributed by atoms with Crippen molar-refractivity contribution in [3.8, 4) is 12.1 Å². The van der Waals surface area contributed by atoms with Gasteiger partial charge in [-0.25, -0.2) is 8.42 Å². The number of nitriles is 2. The second kappa shape index (κ2) is 8.14. The first kappa shape index (κ1) is 17.5. The van der Waals surface area contributed by atoms with Crippen LogP contribution in [0.2, 0.25) is 0 Å². The Bertz CT molecular complexity index is 828. The number of hydrogen-bond donors (Lipinski definition) is 2. The summed E-state index contributed by atoms with van der Waals surface area (Å²) in [6.07, 6.45) is 4.78. The van der Waals surface area contributed by atoms with Gasteiger partial charge in [-0.2, -0.15) is 10.5 Å². The second-order valence-corrected chi connectivity index (χ2v) is 6.88. The number of sulfonamides is 1. The van der Waals surface area contributed by atoms with Gasteiger partial charge in [-0.1, -0.05) is 12.5 Å². The molecule has 2 N–H and O–H groups in total. The van der Waals surface area contributed by atoms with Crippen molar-refractivity contribution in [1.82, 2.24) is 4.72 Å². The molecule has 1 aromatic rings. The maximum absolute atomic E-state index is 12.5. The molecule has 0 saturated heterocycles. The molecule has 0 fully saturated rings. The highest BCUT2D eigenvalue weighted by atomic mass is 32.2. The molecule has 0 radical (unpaired) electrons. The van der Waals surface area contributed by atoms with Crippen molar-refractivity contribution in [1.29, 1.82) is 10.5 Å². The lowest BCUT2D eigenvalue weighted by molar-refractivity contribution is 0.592. The number of anilines is 1. The molecule has 0 bridgehead atoms. The van der Waals surface area contributed by atoms with Crippen molar-refractivity contribution in [2.24, 2.45) is 4.99 Å². The van der Waals surface area contributed by atoms with E-state index < -0.39 is 10.0 Å². The lowest BCUT2D eigenvalue weighted by atomic mass is 10.2. The van der Waals surface area contributed by atoms with Crippen LogP contribution in [-0.4, -0.2) is 20.8 Å². The van der Waals surface area contributed by atoms with Crippen LogP contribution in [0.5, 0.6) is 0 Å². The van der Waals surface area contributed by atoms with Crippen LogP contribution >= 0.6 is 0 Å². The van der Waals surface area contributed by atoms with Crippen LogP contribution in [0.4, 0.5) is 5.69 Å². The van der Waals surface area contributed by atoms with Crippen LogP contribution in [0, 0.1) is 22.7 Å². The third-order valence-electron chi connectivity index (χ3n) is 3.39. The van der Waals surface area contributed by atoms with E-state index >= 15 is 0 Å². The minimum atomic E-state index is -3.72. The van der Waals surface area contributed by atoms with E-state index in [1.807, 2.05) is 0 Å². The number of nitrogens with zero attached hydrogens (tertiary/aromatic N) is 3. The number of allylic oxidation sites excluding steroid dienone is 1. The van der Waals surface area contributed by atoms with Gasteiger partial charge < -0.3 is 5.32 Å². The van der Waals surface area contributed by atoms with E-state index in [0.29, 0.717) is 24.5 Å². The van der Waals surface area contributed by atoms with Crippen molar-refractivity contribution in [3.05, 3.63) is 36.0 Å². The average Bonchev–Trinajstić information content (AvgIpc) is 2.84. The SMILES string of the molecule is N#CC(C#N)=CNc1cccc(S(=O)(=O)NC2=NCCCCC2)c1. The third-order valence-corrected chi connectivity index (χ3v) is 4.77. The zero-order valence-corrected chi connectivity index (χ0v) is 13.8. The predicted molar refractivity (Wildman–Crippen MR) is 90.5 cm³/mol. The van der Waals surface area contributed by atoms with Gasteiger partial charge in [0.15, 0.2) is 0 Å². The van der Waals surface area contributed by atoms with Gasteiger partial charge in [0.2, 0.25) is 0 Å². The van der Waals surface area contributed by atoms with Crippen LogP contribution in [-0.2, 0) is 10.0 Å². The Kier molecular flexibility index (Phi) is 5.94. The molecule has 2 rings (SSSR count). The Morgan fingerprint density at radius 3 is 2.75 bits per heavy atom. The number of aliphatic imine (C=N–C) groups is 1. The largest absolute Gasteiger partial charge is 0.360 e. The molecule has 0 aromatic heterocycles. The Morgan fingerprint density at radius 2 is 2.00 bits per heavy atom. The Morgan fingerprint density at radius 1 is 1.21 bits per heavy atom. The number of benzene rings is 1. The van der Waals surface area contributed by atoms with E-state index in [-0.39, 0.29) is 10.5 Å². The van der Waals surface area contributed by atoms with E-state index in [1.165, 1.54) is 18.3 Å². The van der Waals surface area contributed by atoms with Gasteiger partial charge >= 0.3 is 0 Å². The lowest BCUT2D eigenvalue weighted by Crippen LogP contribution is -2.30. The van der Waals surface area contributed by atoms with Crippen molar-refractivity contribution >= 4 is 21.5 Å². The Labute approximate surface area is 141 Å². The maximum Gasteiger partial charge on any atom is 0.262 e. The molecule has 0 spiro atoms. The normalized spacial score (nSPS) is 14.3. The molecule has 8 heteroatoms. The van der Waals surface area contributed by atoms with Crippen LogP contribution in [0.15, 0.2) is 45.9 Å². The number of hydrogen-bond acceptors (Lipinski definition) is 6. The van der Waals surface area contributed by atoms with Crippen molar-refractivity contribution in [2.45, 2.75) is 30.6 Å². The molecule has 1 heterocycles. The molecule has 124 valence electrons. The van der Waals surface area contributed by atoms with Crippen LogP contribution in [0.25, 0.3) is 0 Å². The first-order chi connectivity index (χ1) is 11.5. The summed E-state index contributed by atoms with van der Waals surface area (Å²) >= 11 is 0. The summed E-state index contributed by atoms with van der Waals surface area (Å²) in [5.41, 5.74) is 0.359. The quantitative estimate of drug-likeness (QED) is 0.813. The summed E-state index contributed by atoms with van der Waals surface area (Å²) in [6, 6.07) is 9.57. The molecule has 1 aliphatic rings. The maximum atomic E-state index is 12.5. The lowest BCUT2D eigenvalue weighted by Gasteiger charge is -2.10. The van der Waals surface area contributed by atoms with Gasteiger partial charge in [-0.3, -0.25) is 9.71 Å². The number of nitrogens with one attached hydrogen (secondary N) is 2. The second-order valence-electron chi connectivity index (χ2n) is 5.20. The third kappa shape index (κ3) is 4.83. The average molecular weight is 343 g/mol. The Balaban J connectivity index is 2.17. The van der Waals surface area contributed by atoms with Gasteiger partial charge in [0.1, 0.15) is 23.5 Å². The first-order valence-corrected chi connectivity index (χ1v) is 8.96.